The fourth-order valence-electron chi connectivity index (χ4n) is 8.06. The fourth-order valence-corrected chi connectivity index (χ4v) is 8.19. The second kappa shape index (κ2) is 25.1. The van der Waals surface area contributed by atoms with Gasteiger partial charge in [-0.15, -0.1) is 0 Å². The lowest BCUT2D eigenvalue weighted by atomic mass is 9.84. The summed E-state index contributed by atoms with van der Waals surface area (Å²) >= 11 is 6.00. The molecule has 1 atom stereocenters. The SMILES string of the molecule is COc1ccc2c(c1)c(CC(=O)NCc1ccc(CNC(=O)CCC(=O)O)cc1)c(C)n2C(=O)c1ccc(Cl)cc1.COc1cccc(OC)c1OC.O=COCC1CCc2cc3c(cc2C1)OCO3. The molecule has 0 bridgehead atoms. The highest BCUT2D eigenvalue weighted by atomic mass is 35.5. The van der Waals surface area contributed by atoms with Gasteiger partial charge in [-0.1, -0.05) is 41.9 Å². The number of carboxylic acids is 1. The first kappa shape index (κ1) is 51.7. The number of methoxy groups -OCH3 is 4. The van der Waals surface area contributed by atoms with E-state index in [4.69, 9.17) is 49.9 Å². The summed E-state index contributed by atoms with van der Waals surface area (Å²) in [5, 5.41) is 15.6. The molecule has 0 saturated carbocycles. The summed E-state index contributed by atoms with van der Waals surface area (Å²) in [6.07, 6.45) is 2.80. The number of fused-ring (bicyclic) bond motifs is 3. The smallest absolute Gasteiger partial charge is 0.303 e. The topological polar surface area (TPSA) is 199 Å². The number of nitrogens with one attached hydrogen (secondary N) is 2. The third-order valence-electron chi connectivity index (χ3n) is 11.8. The maximum absolute atomic E-state index is 13.5. The molecule has 2 heterocycles. The van der Waals surface area contributed by atoms with Crippen LogP contribution in [-0.4, -0.2) is 81.7 Å². The molecule has 2 amide bonds. The van der Waals surface area contributed by atoms with Crippen molar-refractivity contribution in [2.45, 2.75) is 58.5 Å². The van der Waals surface area contributed by atoms with Crippen molar-refractivity contribution in [2.24, 2.45) is 5.92 Å². The molecule has 0 spiro atoms. The quantitative estimate of drug-likeness (QED) is 0.0743. The third kappa shape index (κ3) is 13.5. The predicted molar refractivity (Wildman–Crippen MR) is 261 cm³/mol. The van der Waals surface area contributed by atoms with Crippen LogP contribution in [0.4, 0.5) is 0 Å². The highest BCUT2D eigenvalue weighted by molar-refractivity contribution is 6.30. The molecular weight excluding hydrogens is 922 g/mol. The van der Waals surface area contributed by atoms with Crippen molar-refractivity contribution in [2.75, 3.05) is 41.8 Å². The molecule has 368 valence electrons. The number of ether oxygens (including phenoxy) is 7. The molecule has 16 nitrogen and oxygen atoms in total. The van der Waals surface area contributed by atoms with Crippen LogP contribution in [-0.2, 0) is 56.3 Å². The summed E-state index contributed by atoms with van der Waals surface area (Å²) in [7, 11) is 6.34. The number of carbonyl (C=O) groups excluding carboxylic acids is 4. The summed E-state index contributed by atoms with van der Waals surface area (Å²) in [5.41, 5.74) is 6.90. The first-order valence-corrected chi connectivity index (χ1v) is 22.8. The van der Waals surface area contributed by atoms with Gasteiger partial charge in [0.1, 0.15) is 5.75 Å². The second-order valence-electron chi connectivity index (χ2n) is 16.2. The number of benzene rings is 5. The zero-order valence-electron chi connectivity index (χ0n) is 39.6. The van der Waals surface area contributed by atoms with Crippen molar-refractivity contribution in [3.05, 3.63) is 141 Å². The number of carbonyl (C=O) groups is 5. The lowest BCUT2D eigenvalue weighted by Crippen LogP contribution is -2.25. The number of hydrogen-bond acceptors (Lipinski definition) is 12. The fraction of sp³-hybridized carbons (Fsp3) is 0.302. The van der Waals surface area contributed by atoms with E-state index in [2.05, 4.69) is 22.8 Å². The van der Waals surface area contributed by atoms with E-state index < -0.39 is 5.97 Å². The van der Waals surface area contributed by atoms with Crippen LogP contribution in [0.5, 0.6) is 34.5 Å². The largest absolute Gasteiger partial charge is 0.497 e. The van der Waals surface area contributed by atoms with E-state index in [1.807, 2.05) is 61.5 Å². The monoisotopic (exact) mass is 977 g/mol. The number of carboxylic acid groups (broad SMARTS) is 1. The molecule has 0 radical (unpaired) electrons. The van der Waals surface area contributed by atoms with Gasteiger partial charge in [-0.2, -0.15) is 0 Å². The summed E-state index contributed by atoms with van der Waals surface area (Å²) < 4.78 is 37.8. The third-order valence-corrected chi connectivity index (χ3v) is 12.0. The van der Waals surface area contributed by atoms with E-state index in [1.165, 1.54) is 11.1 Å². The Bertz CT molecular complexity index is 2770. The van der Waals surface area contributed by atoms with Crippen LogP contribution in [0.15, 0.2) is 97.1 Å². The molecular formula is C53H56ClN3O13. The van der Waals surface area contributed by atoms with Gasteiger partial charge in [0.15, 0.2) is 23.0 Å². The van der Waals surface area contributed by atoms with Crippen molar-refractivity contribution in [3.63, 3.8) is 0 Å². The van der Waals surface area contributed by atoms with Gasteiger partial charge in [-0.05, 0) is 127 Å². The number of amides is 2. The minimum Gasteiger partial charge on any atom is -0.497 e. The molecule has 2 aliphatic rings. The van der Waals surface area contributed by atoms with E-state index in [1.54, 1.807) is 63.3 Å². The van der Waals surface area contributed by atoms with Gasteiger partial charge in [0.25, 0.3) is 12.4 Å². The number of hydrogen-bond donors (Lipinski definition) is 3. The average molecular weight is 978 g/mol. The lowest BCUT2D eigenvalue weighted by molar-refractivity contribution is -0.138. The van der Waals surface area contributed by atoms with Crippen molar-refractivity contribution in [1.29, 1.82) is 0 Å². The van der Waals surface area contributed by atoms with Crippen LogP contribution in [0.25, 0.3) is 10.9 Å². The molecule has 6 aromatic rings. The zero-order valence-corrected chi connectivity index (χ0v) is 40.4. The van der Waals surface area contributed by atoms with E-state index in [9.17, 15) is 24.0 Å². The van der Waals surface area contributed by atoms with E-state index in [0.717, 1.165) is 52.8 Å². The van der Waals surface area contributed by atoms with Crippen LogP contribution < -0.4 is 39.1 Å². The number of nitrogens with zero attached hydrogens (tertiary/aromatic N) is 1. The Labute approximate surface area is 410 Å². The van der Waals surface area contributed by atoms with Crippen LogP contribution in [0.3, 0.4) is 0 Å². The summed E-state index contributed by atoms with van der Waals surface area (Å²) in [6, 6.07) is 29.1. The minimum absolute atomic E-state index is 0.0663. The second-order valence-corrected chi connectivity index (χ2v) is 16.7. The number of aryl methyl sites for hydroxylation is 1. The molecule has 1 aliphatic heterocycles. The van der Waals surface area contributed by atoms with Gasteiger partial charge >= 0.3 is 5.97 Å². The summed E-state index contributed by atoms with van der Waals surface area (Å²) in [5.74, 6) is 2.94. The Balaban J connectivity index is 0.000000223. The highest BCUT2D eigenvalue weighted by Crippen LogP contribution is 2.39. The van der Waals surface area contributed by atoms with E-state index in [0.29, 0.717) is 77.1 Å². The zero-order chi connectivity index (χ0) is 50.2. The van der Waals surface area contributed by atoms with Gasteiger partial charge in [0.05, 0.1) is 53.4 Å². The molecule has 17 heteroatoms. The lowest BCUT2D eigenvalue weighted by Gasteiger charge is -2.23. The number of aromatic nitrogens is 1. The van der Waals surface area contributed by atoms with Gasteiger partial charge in [0.2, 0.25) is 24.4 Å². The molecule has 5 aromatic carbocycles. The van der Waals surface area contributed by atoms with Crippen LogP contribution in [0.2, 0.25) is 5.02 Å². The Hall–Kier alpha value is -7.72. The normalized spacial score (nSPS) is 13.0. The molecule has 3 N–H and O–H groups in total. The first-order valence-electron chi connectivity index (χ1n) is 22.4. The number of rotatable bonds is 17. The van der Waals surface area contributed by atoms with Crippen LogP contribution in [0.1, 0.15) is 63.1 Å². The Morgan fingerprint density at radius 2 is 1.40 bits per heavy atom. The minimum atomic E-state index is -1.02. The Morgan fingerprint density at radius 3 is 1.99 bits per heavy atom. The highest BCUT2D eigenvalue weighted by Gasteiger charge is 2.25. The molecule has 8 rings (SSSR count). The van der Waals surface area contributed by atoms with Crippen molar-refractivity contribution < 1.29 is 62.2 Å². The molecule has 0 fully saturated rings. The molecule has 0 saturated heterocycles. The van der Waals surface area contributed by atoms with Crippen molar-refractivity contribution in [1.82, 2.24) is 15.2 Å². The maximum atomic E-state index is 13.5. The molecule has 70 heavy (non-hydrogen) atoms. The predicted octanol–water partition coefficient (Wildman–Crippen LogP) is 8.05. The van der Waals surface area contributed by atoms with Crippen molar-refractivity contribution >= 4 is 52.7 Å². The number of aliphatic carboxylic acids is 1. The average Bonchev–Trinajstić information content (AvgIpc) is 3.95. The molecule has 1 aliphatic carbocycles. The van der Waals surface area contributed by atoms with Crippen LogP contribution in [0, 0.1) is 12.8 Å². The van der Waals surface area contributed by atoms with Gasteiger partial charge in [-0.3, -0.25) is 28.5 Å². The standard InChI is InChI=1S/C31H30ClN3O6.C13H14O4.C9H12O3/c1-19-25(16-29(37)34-18-21-5-3-20(4-6-21)17-33-28(36)13-14-30(38)39)26-15-24(41-2)11-12-27(26)35(19)31(40)22-7-9-23(32)10-8-22;14-7-15-6-9-1-2-10-4-12-13(17-8-16-12)5-11(10)3-9;1-10-7-5-4-6-8(11-2)9(7)12-3/h3-12,15H,13-14,16-18H2,1-2H3,(H,33,36)(H,34,37)(H,38,39);4-5,7,9H,1-3,6,8H2;4-6H,1-3H3. The Kier molecular flexibility index (Phi) is 18.5. The van der Waals surface area contributed by atoms with Gasteiger partial charge in [-0.25, -0.2) is 0 Å². The first-order chi connectivity index (χ1) is 33.8. The molecule has 1 unspecified atom stereocenters. The van der Waals surface area contributed by atoms with Crippen molar-refractivity contribution in [3.8, 4) is 34.5 Å². The Morgan fingerprint density at radius 1 is 0.771 bits per heavy atom. The summed E-state index contributed by atoms with van der Waals surface area (Å²) in [6.45, 7) is 3.76. The van der Waals surface area contributed by atoms with Gasteiger partial charge in [0, 0.05) is 41.2 Å². The number of halogens is 1. The van der Waals surface area contributed by atoms with Crippen LogP contribution >= 0.6 is 11.6 Å². The number of para-hydroxylation sites is 1. The molecule has 1 aromatic heterocycles. The summed E-state index contributed by atoms with van der Waals surface area (Å²) in [4.78, 5) is 59.0. The van der Waals surface area contributed by atoms with E-state index in [-0.39, 0.29) is 43.5 Å². The van der Waals surface area contributed by atoms with Gasteiger partial charge < -0.3 is 48.9 Å². The maximum Gasteiger partial charge on any atom is 0.303 e. The van der Waals surface area contributed by atoms with E-state index >= 15 is 0 Å².